The van der Waals surface area contributed by atoms with Crippen LogP contribution in [0, 0.1) is 0 Å². The van der Waals surface area contributed by atoms with Gasteiger partial charge in [0.1, 0.15) is 0 Å². The quantitative estimate of drug-likeness (QED) is 0.143. The second-order valence-electron chi connectivity index (χ2n) is 17.9. The van der Waals surface area contributed by atoms with Crippen LogP contribution in [0.4, 0.5) is 0 Å². The second-order valence-corrected chi connectivity index (χ2v) is 17.9. The van der Waals surface area contributed by atoms with E-state index in [0.29, 0.717) is 5.82 Å². The van der Waals surface area contributed by atoms with E-state index in [9.17, 15) is 0 Å². The summed E-state index contributed by atoms with van der Waals surface area (Å²) in [4.78, 5) is 15.8. The third-order valence-corrected chi connectivity index (χ3v) is 13.7. The minimum Gasteiger partial charge on any atom is -0.247 e. The van der Waals surface area contributed by atoms with Gasteiger partial charge >= 0.3 is 0 Å². The van der Waals surface area contributed by atoms with Crippen molar-refractivity contribution in [2.24, 2.45) is 0 Å². The van der Waals surface area contributed by atoms with Crippen molar-refractivity contribution in [2.45, 2.75) is 0 Å². The first-order chi connectivity index (χ1) is 34.7. The lowest BCUT2D eigenvalue weighted by molar-refractivity contribution is 1.18. The van der Waals surface area contributed by atoms with Crippen molar-refractivity contribution in [1.82, 2.24) is 15.0 Å². The van der Waals surface area contributed by atoms with Crippen LogP contribution in [-0.2, 0) is 0 Å². The standard InChI is InChI=1S/C67H43N3/c1-3-14-44(15-4-1)47-28-35-51(36-29-47)63-43-64(70-67(69-63)52-37-30-48(31-38-52)45-16-5-2-6-17-45)55-21-13-20-54(40-55)49-26-33-50(34-27-49)60-42-61-65(58-23-10-9-22-57(58)60)59-24-11-12-25-62(59)68-66(61)56-39-32-46-18-7-8-19-53(46)41-56/h1-43H. The van der Waals surface area contributed by atoms with Crippen molar-refractivity contribution < 1.29 is 0 Å². The molecule has 0 saturated carbocycles. The Kier molecular flexibility index (Phi) is 10.2. The summed E-state index contributed by atoms with van der Waals surface area (Å²) in [6.07, 6.45) is 0. The van der Waals surface area contributed by atoms with Crippen molar-refractivity contribution >= 4 is 43.2 Å². The lowest BCUT2D eigenvalue weighted by Gasteiger charge is -2.16. The zero-order chi connectivity index (χ0) is 46.4. The summed E-state index contributed by atoms with van der Waals surface area (Å²) in [6.45, 7) is 0. The number of nitrogens with zero attached hydrogens (tertiary/aromatic N) is 3. The summed E-state index contributed by atoms with van der Waals surface area (Å²) in [6, 6.07) is 93.0. The molecule has 0 N–H and O–H groups in total. The molecule has 13 rings (SSSR count). The van der Waals surface area contributed by atoms with E-state index in [-0.39, 0.29) is 0 Å². The zero-order valence-electron chi connectivity index (χ0n) is 38.2. The highest BCUT2D eigenvalue weighted by Crippen LogP contribution is 2.43. The summed E-state index contributed by atoms with van der Waals surface area (Å²) in [5.74, 6) is 0.684. The highest BCUT2D eigenvalue weighted by Gasteiger charge is 2.18. The van der Waals surface area contributed by atoms with E-state index in [1.54, 1.807) is 0 Å². The molecule has 2 aromatic heterocycles. The average molecular weight is 890 g/mol. The van der Waals surface area contributed by atoms with Crippen molar-refractivity contribution in [3.8, 4) is 89.7 Å². The molecule has 0 spiro atoms. The third-order valence-electron chi connectivity index (χ3n) is 13.7. The van der Waals surface area contributed by atoms with Gasteiger partial charge in [-0.1, -0.05) is 231 Å². The summed E-state index contributed by atoms with van der Waals surface area (Å²) < 4.78 is 0. The summed E-state index contributed by atoms with van der Waals surface area (Å²) in [5.41, 5.74) is 17.1. The van der Waals surface area contributed by atoms with Gasteiger partial charge in [0.15, 0.2) is 5.82 Å². The largest absolute Gasteiger partial charge is 0.247 e. The van der Waals surface area contributed by atoms with Crippen LogP contribution >= 0.6 is 0 Å². The Bertz CT molecular complexity index is 3970. The maximum absolute atomic E-state index is 5.37. The number of rotatable bonds is 8. The summed E-state index contributed by atoms with van der Waals surface area (Å²) >= 11 is 0. The van der Waals surface area contributed by atoms with Crippen LogP contribution in [0.3, 0.4) is 0 Å². The molecule has 70 heavy (non-hydrogen) atoms. The van der Waals surface area contributed by atoms with Crippen LogP contribution in [0.15, 0.2) is 261 Å². The van der Waals surface area contributed by atoms with Gasteiger partial charge in [-0.15, -0.1) is 0 Å². The van der Waals surface area contributed by atoms with Crippen LogP contribution in [0.5, 0.6) is 0 Å². The second kappa shape index (κ2) is 17.4. The molecule has 0 saturated heterocycles. The number of para-hydroxylation sites is 1. The van der Waals surface area contributed by atoms with Gasteiger partial charge in [0.25, 0.3) is 0 Å². The molecule has 0 aliphatic carbocycles. The van der Waals surface area contributed by atoms with Crippen molar-refractivity contribution in [2.75, 3.05) is 0 Å². The van der Waals surface area contributed by atoms with Gasteiger partial charge in [-0.3, -0.25) is 0 Å². The molecule has 0 radical (unpaired) electrons. The maximum atomic E-state index is 5.37. The van der Waals surface area contributed by atoms with Crippen LogP contribution in [0.25, 0.3) is 133 Å². The van der Waals surface area contributed by atoms with E-state index in [0.717, 1.165) is 77.9 Å². The van der Waals surface area contributed by atoms with E-state index < -0.39 is 0 Å². The third kappa shape index (κ3) is 7.56. The lowest BCUT2D eigenvalue weighted by Crippen LogP contribution is -1.96. The van der Waals surface area contributed by atoms with E-state index in [2.05, 4.69) is 249 Å². The predicted octanol–water partition coefficient (Wildman–Crippen LogP) is 17.8. The Balaban J connectivity index is 0.893. The van der Waals surface area contributed by atoms with E-state index >= 15 is 0 Å². The number of hydrogen-bond donors (Lipinski definition) is 0. The van der Waals surface area contributed by atoms with Gasteiger partial charge in [-0.25, -0.2) is 15.0 Å². The van der Waals surface area contributed by atoms with Crippen LogP contribution < -0.4 is 0 Å². The van der Waals surface area contributed by atoms with Gasteiger partial charge < -0.3 is 0 Å². The van der Waals surface area contributed by atoms with E-state index in [1.165, 1.54) is 49.2 Å². The Morgan fingerprint density at radius 3 is 1.41 bits per heavy atom. The number of benzene rings is 11. The van der Waals surface area contributed by atoms with E-state index in [4.69, 9.17) is 15.0 Å². The Labute approximate surface area is 406 Å². The molecule has 11 aromatic carbocycles. The SMILES string of the molecule is c1ccc(-c2ccc(-c3cc(-c4cccc(-c5ccc(-c6cc7c(-c8ccc9ccccc9c8)nc8ccccc8c7c7ccccc67)cc5)c4)nc(-c4ccc(-c5ccccc5)cc4)n3)cc2)cc1. The van der Waals surface area contributed by atoms with Gasteiger partial charge in [0, 0.05) is 38.4 Å². The minimum atomic E-state index is 0.684. The fourth-order valence-electron chi connectivity index (χ4n) is 10.1. The molecule has 0 aliphatic rings. The Hall–Kier alpha value is -9.31. The monoisotopic (exact) mass is 889 g/mol. The fraction of sp³-hybridized carbons (Fsp3) is 0. The fourth-order valence-corrected chi connectivity index (χ4v) is 10.1. The van der Waals surface area contributed by atoms with Crippen LogP contribution in [0.1, 0.15) is 0 Å². The Morgan fingerprint density at radius 2 is 0.714 bits per heavy atom. The predicted molar refractivity (Wildman–Crippen MR) is 293 cm³/mol. The van der Waals surface area contributed by atoms with Crippen molar-refractivity contribution in [3.63, 3.8) is 0 Å². The molecular weight excluding hydrogens is 847 g/mol. The topological polar surface area (TPSA) is 38.7 Å². The van der Waals surface area contributed by atoms with Gasteiger partial charge in [-0.2, -0.15) is 0 Å². The highest BCUT2D eigenvalue weighted by atomic mass is 14.9. The maximum Gasteiger partial charge on any atom is 0.160 e. The number of aromatic nitrogens is 3. The minimum absolute atomic E-state index is 0.684. The molecule has 2 heterocycles. The molecule has 0 aliphatic heterocycles. The molecule has 0 bridgehead atoms. The molecule has 3 nitrogen and oxygen atoms in total. The molecule has 326 valence electrons. The molecule has 0 amide bonds. The normalized spacial score (nSPS) is 11.4. The van der Waals surface area contributed by atoms with Gasteiger partial charge in [0.05, 0.1) is 22.6 Å². The molecule has 3 heteroatoms. The number of hydrogen-bond acceptors (Lipinski definition) is 3. The van der Waals surface area contributed by atoms with Crippen molar-refractivity contribution in [3.05, 3.63) is 261 Å². The van der Waals surface area contributed by atoms with Crippen LogP contribution in [-0.4, -0.2) is 15.0 Å². The van der Waals surface area contributed by atoms with E-state index in [1.807, 2.05) is 12.1 Å². The number of pyridine rings is 1. The van der Waals surface area contributed by atoms with Gasteiger partial charge in [0.2, 0.25) is 0 Å². The van der Waals surface area contributed by atoms with Gasteiger partial charge in [-0.05, 0) is 96.4 Å². The molecule has 0 atom stereocenters. The molecule has 0 fully saturated rings. The first kappa shape index (κ1) is 40.9. The molecule has 0 unspecified atom stereocenters. The summed E-state index contributed by atoms with van der Waals surface area (Å²) in [7, 11) is 0. The highest BCUT2D eigenvalue weighted by molar-refractivity contribution is 6.25. The smallest absolute Gasteiger partial charge is 0.160 e. The lowest BCUT2D eigenvalue weighted by atomic mass is 9.89. The number of fused-ring (bicyclic) bond motifs is 6. The molecule has 13 aromatic rings. The first-order valence-electron chi connectivity index (χ1n) is 23.8. The van der Waals surface area contributed by atoms with Crippen molar-refractivity contribution in [1.29, 1.82) is 0 Å². The average Bonchev–Trinajstić information content (AvgIpc) is 3.45. The molecular formula is C67H43N3. The Morgan fingerprint density at radius 1 is 0.229 bits per heavy atom. The summed E-state index contributed by atoms with van der Waals surface area (Å²) in [5, 5.41) is 8.38. The first-order valence-corrected chi connectivity index (χ1v) is 23.8. The zero-order valence-corrected chi connectivity index (χ0v) is 38.2. The van der Waals surface area contributed by atoms with Crippen LogP contribution in [0.2, 0.25) is 0 Å².